The van der Waals surface area contributed by atoms with E-state index >= 15 is 0 Å². The average molecular weight is 347 g/mol. The van der Waals surface area contributed by atoms with E-state index < -0.39 is 0 Å². The minimum absolute atomic E-state index is 0.0389. The number of pyridine rings is 1. The zero-order valence-electron chi connectivity index (χ0n) is 14.7. The van der Waals surface area contributed by atoms with Gasteiger partial charge in [-0.05, 0) is 29.3 Å². The van der Waals surface area contributed by atoms with Gasteiger partial charge in [0.2, 0.25) is 5.78 Å². The Morgan fingerprint density at radius 1 is 0.630 bits per heavy atom. The third-order valence-electron chi connectivity index (χ3n) is 5.01. The summed E-state index contributed by atoms with van der Waals surface area (Å²) >= 11 is 0. The van der Waals surface area contributed by atoms with Crippen molar-refractivity contribution in [3.63, 3.8) is 0 Å². The number of carbonyl (C=O) groups is 1. The topological polar surface area (TPSA) is 21.5 Å². The van der Waals surface area contributed by atoms with Crippen molar-refractivity contribution in [2.75, 3.05) is 0 Å². The molecule has 5 rings (SSSR count). The average Bonchev–Trinajstić information content (AvgIpc) is 3.08. The van der Waals surface area contributed by atoms with Crippen molar-refractivity contribution in [3.05, 3.63) is 115 Å². The van der Waals surface area contributed by atoms with Gasteiger partial charge in [0.15, 0.2) is 0 Å². The molecular weight excluding hydrogens is 330 g/mol. The van der Waals surface area contributed by atoms with E-state index in [4.69, 9.17) is 0 Å². The molecule has 0 fully saturated rings. The molecule has 27 heavy (non-hydrogen) atoms. The molecule has 0 bridgehead atoms. The van der Waals surface area contributed by atoms with E-state index in [1.807, 2.05) is 71.3 Å². The molecule has 0 spiro atoms. The summed E-state index contributed by atoms with van der Waals surface area (Å²) < 4.78 is 2.01. The van der Waals surface area contributed by atoms with Crippen LogP contribution in [0.2, 0.25) is 0 Å². The second-order valence-corrected chi connectivity index (χ2v) is 6.63. The molecule has 0 aliphatic rings. The van der Waals surface area contributed by atoms with Gasteiger partial charge in [0.05, 0.1) is 5.52 Å². The molecule has 128 valence electrons. The molecule has 0 aliphatic heterocycles. The van der Waals surface area contributed by atoms with Crippen molar-refractivity contribution in [3.8, 4) is 11.1 Å². The van der Waals surface area contributed by atoms with Crippen LogP contribution in [0.3, 0.4) is 0 Å². The second kappa shape index (κ2) is 6.26. The van der Waals surface area contributed by atoms with E-state index in [0.29, 0.717) is 11.3 Å². The number of benzene rings is 3. The normalized spacial score (nSPS) is 11.1. The molecule has 0 saturated heterocycles. The molecule has 0 N–H and O–H groups in total. The van der Waals surface area contributed by atoms with Gasteiger partial charge >= 0.3 is 0 Å². The van der Waals surface area contributed by atoms with Crippen LogP contribution >= 0.6 is 0 Å². The largest absolute Gasteiger partial charge is 0.313 e. The van der Waals surface area contributed by atoms with Crippen molar-refractivity contribution >= 4 is 22.1 Å². The fourth-order valence-corrected chi connectivity index (χ4v) is 3.72. The molecule has 2 heterocycles. The first-order valence-electron chi connectivity index (χ1n) is 9.01. The zero-order valence-corrected chi connectivity index (χ0v) is 14.7. The highest BCUT2D eigenvalue weighted by atomic mass is 16.1. The van der Waals surface area contributed by atoms with Gasteiger partial charge < -0.3 is 4.40 Å². The summed E-state index contributed by atoms with van der Waals surface area (Å²) in [5.74, 6) is 0.0389. The quantitative estimate of drug-likeness (QED) is 0.367. The maximum absolute atomic E-state index is 13.4. The summed E-state index contributed by atoms with van der Waals surface area (Å²) in [6.07, 6.45) is 1.97. The molecule has 0 aliphatic carbocycles. The lowest BCUT2D eigenvalue weighted by Crippen LogP contribution is -2.05. The van der Waals surface area contributed by atoms with Crippen LogP contribution in [0.5, 0.6) is 0 Å². The minimum atomic E-state index is 0.0389. The smallest absolute Gasteiger partial charge is 0.210 e. The molecule has 0 saturated carbocycles. The lowest BCUT2D eigenvalue weighted by atomic mass is 9.99. The van der Waals surface area contributed by atoms with Crippen LogP contribution in [0.15, 0.2) is 103 Å². The summed E-state index contributed by atoms with van der Waals surface area (Å²) in [4.78, 5) is 13.4. The van der Waals surface area contributed by atoms with Gasteiger partial charge in [-0.1, -0.05) is 78.9 Å². The summed E-state index contributed by atoms with van der Waals surface area (Å²) in [7, 11) is 0. The van der Waals surface area contributed by atoms with Crippen molar-refractivity contribution in [2.24, 2.45) is 0 Å². The van der Waals surface area contributed by atoms with E-state index in [9.17, 15) is 4.79 Å². The molecule has 5 aromatic rings. The Balaban J connectivity index is 1.82. The van der Waals surface area contributed by atoms with Gasteiger partial charge in [0.25, 0.3) is 0 Å². The number of ketones is 1. The molecule has 2 heteroatoms. The van der Waals surface area contributed by atoms with Crippen LogP contribution in [-0.4, -0.2) is 10.2 Å². The molecule has 2 nitrogen and oxygen atoms in total. The van der Waals surface area contributed by atoms with Crippen molar-refractivity contribution < 1.29 is 4.79 Å². The Morgan fingerprint density at radius 3 is 2.11 bits per heavy atom. The molecule has 0 atom stereocenters. The number of hydrogen-bond acceptors (Lipinski definition) is 1. The predicted molar refractivity (Wildman–Crippen MR) is 110 cm³/mol. The number of nitrogens with zero attached hydrogens (tertiary/aromatic N) is 1. The fraction of sp³-hybridized carbons (Fsp3) is 0. The van der Waals surface area contributed by atoms with Gasteiger partial charge in [0, 0.05) is 22.5 Å². The third kappa shape index (κ3) is 2.54. The zero-order chi connectivity index (χ0) is 18.2. The highest BCUT2D eigenvalue weighted by Crippen LogP contribution is 2.32. The molecule has 3 aromatic carbocycles. The van der Waals surface area contributed by atoms with E-state index in [1.165, 1.54) is 0 Å². The van der Waals surface area contributed by atoms with E-state index in [1.54, 1.807) is 0 Å². The number of carbonyl (C=O) groups excluding carboxylic acids is 1. The van der Waals surface area contributed by atoms with Crippen molar-refractivity contribution in [2.45, 2.75) is 0 Å². The number of hydrogen-bond donors (Lipinski definition) is 0. The molecule has 0 unspecified atom stereocenters. The maximum Gasteiger partial charge on any atom is 0.210 e. The Hall–Kier alpha value is -3.65. The highest BCUT2D eigenvalue weighted by Gasteiger charge is 2.19. The van der Waals surface area contributed by atoms with Gasteiger partial charge in [-0.3, -0.25) is 4.79 Å². The van der Waals surface area contributed by atoms with Gasteiger partial charge in [-0.15, -0.1) is 0 Å². The monoisotopic (exact) mass is 347 g/mol. The van der Waals surface area contributed by atoms with Crippen LogP contribution in [-0.2, 0) is 0 Å². The first-order chi connectivity index (χ1) is 13.3. The van der Waals surface area contributed by atoms with Gasteiger partial charge in [-0.25, -0.2) is 0 Å². The van der Waals surface area contributed by atoms with Crippen molar-refractivity contribution in [1.82, 2.24) is 4.40 Å². The summed E-state index contributed by atoms with van der Waals surface area (Å²) in [6, 6.07) is 32.2. The minimum Gasteiger partial charge on any atom is -0.313 e. The fourth-order valence-electron chi connectivity index (χ4n) is 3.72. The third-order valence-corrected chi connectivity index (χ3v) is 5.01. The standard InChI is InChI=1S/C25H17NO/c27-25(19-11-5-2-6-12-19)24-22-17-20(18-9-3-1-4-10-18)14-15-21(22)23-13-7-8-16-26(23)24/h1-17H. The van der Waals surface area contributed by atoms with E-state index in [0.717, 1.165) is 27.4 Å². The molecular formula is C25H17NO. The second-order valence-electron chi connectivity index (χ2n) is 6.63. The van der Waals surface area contributed by atoms with E-state index in [2.05, 4.69) is 36.4 Å². The summed E-state index contributed by atoms with van der Waals surface area (Å²) in [5.41, 5.74) is 4.72. The van der Waals surface area contributed by atoms with Crippen LogP contribution in [0.1, 0.15) is 16.1 Å². The summed E-state index contributed by atoms with van der Waals surface area (Å²) in [5, 5.41) is 2.07. The number of fused-ring (bicyclic) bond motifs is 3. The van der Waals surface area contributed by atoms with Gasteiger partial charge in [0.1, 0.15) is 5.69 Å². The molecule has 0 radical (unpaired) electrons. The van der Waals surface area contributed by atoms with E-state index in [-0.39, 0.29) is 5.78 Å². The van der Waals surface area contributed by atoms with Crippen molar-refractivity contribution in [1.29, 1.82) is 0 Å². The Morgan fingerprint density at radius 2 is 1.33 bits per heavy atom. The van der Waals surface area contributed by atoms with Crippen LogP contribution in [0.25, 0.3) is 27.4 Å². The Bertz CT molecular complexity index is 1270. The van der Waals surface area contributed by atoms with Gasteiger partial charge in [-0.2, -0.15) is 0 Å². The van der Waals surface area contributed by atoms with Crippen LogP contribution in [0.4, 0.5) is 0 Å². The van der Waals surface area contributed by atoms with Crippen LogP contribution < -0.4 is 0 Å². The SMILES string of the molecule is O=C(c1ccccc1)c1c2cc(-c3ccccc3)ccc2c2ccccn12. The lowest BCUT2D eigenvalue weighted by molar-refractivity contribution is 0.103. The molecule has 2 aromatic heterocycles. The Labute approximate surface area is 157 Å². The first kappa shape index (κ1) is 15.6. The predicted octanol–water partition coefficient (Wildman–Crippen LogP) is 5.99. The maximum atomic E-state index is 13.4. The molecule has 0 amide bonds. The number of aromatic nitrogens is 1. The number of rotatable bonds is 3. The lowest BCUT2D eigenvalue weighted by Gasteiger charge is -2.05. The highest BCUT2D eigenvalue weighted by molar-refractivity contribution is 6.19. The summed E-state index contributed by atoms with van der Waals surface area (Å²) in [6.45, 7) is 0. The first-order valence-corrected chi connectivity index (χ1v) is 9.01. The van der Waals surface area contributed by atoms with Crippen LogP contribution in [0, 0.1) is 0 Å². The Kier molecular flexibility index (Phi) is 3.61.